The summed E-state index contributed by atoms with van der Waals surface area (Å²) in [4.78, 5) is 9.91. The Hall–Kier alpha value is -4.29. The van der Waals surface area contributed by atoms with Gasteiger partial charge in [-0.2, -0.15) is 0 Å². The Balaban J connectivity index is 1.14. The van der Waals surface area contributed by atoms with Gasteiger partial charge in [0.1, 0.15) is 11.5 Å². The van der Waals surface area contributed by atoms with E-state index in [1.165, 1.54) is 33.5 Å². The van der Waals surface area contributed by atoms with Crippen LogP contribution >= 0.6 is 0 Å². The van der Waals surface area contributed by atoms with E-state index in [1.54, 1.807) is 14.2 Å². The minimum atomic E-state index is 0.152. The van der Waals surface area contributed by atoms with Crippen LogP contribution in [0.5, 0.6) is 11.5 Å². The fourth-order valence-electron chi connectivity index (χ4n) is 6.87. The SMILES string of the molecule is CCCc1cc(OC)cc(C2C=C(CN3CCC(N(Cc4ccnc(C5=CCCC=C5)c4)c4ccc(OC)cc4)CC3)C=CN2)c1. The van der Waals surface area contributed by atoms with Crippen LogP contribution in [0, 0.1) is 0 Å². The lowest BCUT2D eigenvalue weighted by atomic mass is 9.96. The van der Waals surface area contributed by atoms with Gasteiger partial charge in [0.25, 0.3) is 0 Å². The zero-order chi connectivity index (χ0) is 31.7. The van der Waals surface area contributed by atoms with Crippen LogP contribution in [0.2, 0.25) is 0 Å². The third-order valence-electron chi connectivity index (χ3n) is 9.35. The van der Waals surface area contributed by atoms with Crippen LogP contribution in [0.4, 0.5) is 5.69 Å². The Morgan fingerprint density at radius 2 is 1.74 bits per heavy atom. The molecular weight excluding hydrogens is 568 g/mol. The summed E-state index contributed by atoms with van der Waals surface area (Å²) in [6.45, 7) is 6.18. The summed E-state index contributed by atoms with van der Waals surface area (Å²) in [7, 11) is 3.48. The first kappa shape index (κ1) is 31.7. The highest BCUT2D eigenvalue weighted by Crippen LogP contribution is 2.30. The van der Waals surface area contributed by atoms with Crippen molar-refractivity contribution >= 4 is 11.3 Å². The van der Waals surface area contributed by atoms with Gasteiger partial charge in [0.15, 0.2) is 0 Å². The van der Waals surface area contributed by atoms with Crippen molar-refractivity contribution in [2.24, 2.45) is 0 Å². The number of nitrogens with zero attached hydrogens (tertiary/aromatic N) is 3. The highest BCUT2D eigenvalue weighted by molar-refractivity contribution is 5.72. The average molecular weight is 617 g/mol. The van der Waals surface area contributed by atoms with Gasteiger partial charge in [0.05, 0.1) is 26.0 Å². The van der Waals surface area contributed by atoms with Crippen molar-refractivity contribution < 1.29 is 9.47 Å². The van der Waals surface area contributed by atoms with E-state index in [4.69, 9.17) is 14.5 Å². The number of piperidine rings is 1. The molecule has 1 aliphatic carbocycles. The van der Waals surface area contributed by atoms with Gasteiger partial charge in [-0.1, -0.05) is 43.7 Å². The summed E-state index contributed by atoms with van der Waals surface area (Å²) in [5.41, 5.74) is 8.78. The molecule has 1 atom stereocenters. The van der Waals surface area contributed by atoms with Gasteiger partial charge in [-0.05, 0) is 121 Å². The Morgan fingerprint density at radius 1 is 0.913 bits per heavy atom. The molecule has 3 aliphatic rings. The zero-order valence-electron chi connectivity index (χ0n) is 27.6. The maximum absolute atomic E-state index is 5.63. The predicted molar refractivity (Wildman–Crippen MR) is 189 cm³/mol. The number of pyridine rings is 1. The lowest BCUT2D eigenvalue weighted by molar-refractivity contribution is 0.224. The number of benzene rings is 2. The highest BCUT2D eigenvalue weighted by Gasteiger charge is 2.26. The maximum Gasteiger partial charge on any atom is 0.119 e. The van der Waals surface area contributed by atoms with Crippen LogP contribution in [-0.2, 0) is 13.0 Å². The van der Waals surface area contributed by atoms with Crippen LogP contribution in [0.25, 0.3) is 5.57 Å². The van der Waals surface area contributed by atoms with Gasteiger partial charge in [-0.3, -0.25) is 9.88 Å². The van der Waals surface area contributed by atoms with E-state index in [9.17, 15) is 0 Å². The van der Waals surface area contributed by atoms with Crippen molar-refractivity contribution in [3.8, 4) is 11.5 Å². The molecule has 1 aromatic heterocycles. The van der Waals surface area contributed by atoms with Crippen molar-refractivity contribution in [1.82, 2.24) is 15.2 Å². The molecule has 0 bridgehead atoms. The lowest BCUT2D eigenvalue weighted by Crippen LogP contribution is -2.45. The second-order valence-electron chi connectivity index (χ2n) is 12.6. The van der Waals surface area contributed by atoms with Gasteiger partial charge >= 0.3 is 0 Å². The molecule has 240 valence electrons. The number of ether oxygens (including phenoxy) is 2. The number of rotatable bonds is 12. The fourth-order valence-corrected chi connectivity index (χ4v) is 6.87. The molecule has 6 heteroatoms. The lowest BCUT2D eigenvalue weighted by Gasteiger charge is -2.40. The number of methoxy groups -OCH3 is 2. The number of hydrogen-bond acceptors (Lipinski definition) is 6. The Labute approximate surface area is 275 Å². The molecule has 2 aromatic carbocycles. The monoisotopic (exact) mass is 616 g/mol. The van der Waals surface area contributed by atoms with Crippen LogP contribution in [0.1, 0.15) is 67.5 Å². The molecule has 0 saturated carbocycles. The van der Waals surface area contributed by atoms with Crippen molar-refractivity contribution in [1.29, 1.82) is 0 Å². The van der Waals surface area contributed by atoms with E-state index in [2.05, 4.69) is 113 Å². The first-order valence-electron chi connectivity index (χ1n) is 16.9. The van der Waals surface area contributed by atoms with Crippen LogP contribution in [0.15, 0.2) is 103 Å². The normalized spacial score (nSPS) is 18.5. The number of anilines is 1. The van der Waals surface area contributed by atoms with Gasteiger partial charge in [0.2, 0.25) is 0 Å². The van der Waals surface area contributed by atoms with E-state index in [1.807, 2.05) is 6.20 Å². The van der Waals surface area contributed by atoms with Crippen LogP contribution < -0.4 is 19.7 Å². The number of aryl methyl sites for hydroxylation is 1. The average Bonchev–Trinajstić information content (AvgIpc) is 3.12. The summed E-state index contributed by atoms with van der Waals surface area (Å²) in [6.07, 6.45) is 22.1. The number of aromatic nitrogens is 1. The first-order valence-corrected chi connectivity index (χ1v) is 16.9. The number of nitrogens with one attached hydrogen (secondary N) is 1. The smallest absolute Gasteiger partial charge is 0.119 e. The molecule has 0 spiro atoms. The van der Waals surface area contributed by atoms with E-state index >= 15 is 0 Å². The third-order valence-corrected chi connectivity index (χ3v) is 9.35. The number of allylic oxidation sites excluding steroid dienone is 4. The minimum absolute atomic E-state index is 0.152. The Kier molecular flexibility index (Phi) is 10.6. The molecule has 6 nitrogen and oxygen atoms in total. The molecule has 3 heterocycles. The summed E-state index contributed by atoms with van der Waals surface area (Å²) in [5, 5.41) is 3.56. The van der Waals surface area contributed by atoms with E-state index in [0.29, 0.717) is 6.04 Å². The quantitative estimate of drug-likeness (QED) is 0.222. The van der Waals surface area contributed by atoms with Crippen molar-refractivity contribution in [3.63, 3.8) is 0 Å². The zero-order valence-corrected chi connectivity index (χ0v) is 27.6. The predicted octanol–water partition coefficient (Wildman–Crippen LogP) is 8.04. The topological polar surface area (TPSA) is 49.9 Å². The van der Waals surface area contributed by atoms with Crippen molar-refractivity contribution in [3.05, 3.63) is 125 Å². The van der Waals surface area contributed by atoms with Crippen LogP contribution in [0.3, 0.4) is 0 Å². The molecule has 1 N–H and O–H groups in total. The highest BCUT2D eigenvalue weighted by atomic mass is 16.5. The number of dihydropyridines is 1. The molecule has 1 unspecified atom stereocenters. The summed E-state index contributed by atoms with van der Waals surface area (Å²) < 4.78 is 11.1. The molecule has 0 amide bonds. The number of likely N-dealkylation sites (tertiary alicyclic amines) is 1. The fraction of sp³-hybridized carbons (Fsp3) is 0.375. The molecule has 3 aromatic rings. The summed E-state index contributed by atoms with van der Waals surface area (Å²) >= 11 is 0. The molecule has 46 heavy (non-hydrogen) atoms. The van der Waals surface area contributed by atoms with Crippen molar-refractivity contribution in [2.45, 2.75) is 64.1 Å². The number of hydrogen-bond donors (Lipinski definition) is 1. The second kappa shape index (κ2) is 15.3. The summed E-state index contributed by atoms with van der Waals surface area (Å²) in [5.74, 6) is 1.82. The second-order valence-corrected chi connectivity index (χ2v) is 12.6. The standard InChI is InChI=1S/C40H48N4O2/c1-4-8-30-23-34(27-38(24-30)46-3)40-25-31(15-19-42-40)28-43-21-17-36(18-22-43)44(35-11-13-37(45-2)14-12-35)29-32-16-20-41-39(26-32)33-9-6-5-7-10-33/h6,9-16,19-20,23-27,36,40,42H,4-5,7-8,17-18,21-22,28-29H2,1-3H3. The first-order chi connectivity index (χ1) is 22.6. The maximum atomic E-state index is 5.63. The van der Waals surface area contributed by atoms with Crippen molar-refractivity contribution in [2.75, 3.05) is 38.8 Å². The van der Waals surface area contributed by atoms with Crippen LogP contribution in [-0.4, -0.2) is 49.8 Å². The molecule has 1 saturated heterocycles. The molecular formula is C40H48N4O2. The molecule has 0 radical (unpaired) electrons. The largest absolute Gasteiger partial charge is 0.497 e. The Bertz CT molecular complexity index is 1580. The molecule has 2 aliphatic heterocycles. The van der Waals surface area contributed by atoms with Gasteiger partial charge in [-0.25, -0.2) is 0 Å². The molecule has 6 rings (SSSR count). The van der Waals surface area contributed by atoms with E-state index in [0.717, 1.165) is 81.9 Å². The minimum Gasteiger partial charge on any atom is -0.497 e. The van der Waals surface area contributed by atoms with E-state index in [-0.39, 0.29) is 6.04 Å². The summed E-state index contributed by atoms with van der Waals surface area (Å²) in [6, 6.07) is 20.3. The van der Waals surface area contributed by atoms with Gasteiger partial charge in [0, 0.05) is 44.1 Å². The van der Waals surface area contributed by atoms with Gasteiger partial charge in [-0.15, -0.1) is 0 Å². The molecule has 1 fully saturated rings. The Morgan fingerprint density at radius 3 is 2.48 bits per heavy atom. The van der Waals surface area contributed by atoms with E-state index < -0.39 is 0 Å². The third kappa shape index (κ3) is 7.91. The van der Waals surface area contributed by atoms with Gasteiger partial charge < -0.3 is 19.7 Å².